The van der Waals surface area contributed by atoms with Crippen LogP contribution in [0.5, 0.6) is 0 Å². The van der Waals surface area contributed by atoms with E-state index in [4.69, 9.17) is 14.3 Å². The SMILES string of the molecule is Cc1oc(CO)cc1S(=O)(=O)NCCOC(C)C. The maximum absolute atomic E-state index is 11.9. The first-order valence-corrected chi connectivity index (χ1v) is 7.16. The fraction of sp³-hybridized carbons (Fsp3) is 0.636. The molecular weight excluding hydrogens is 258 g/mol. The summed E-state index contributed by atoms with van der Waals surface area (Å²) in [5, 5.41) is 8.89. The van der Waals surface area contributed by atoms with Gasteiger partial charge < -0.3 is 14.3 Å². The van der Waals surface area contributed by atoms with Crippen molar-refractivity contribution in [2.45, 2.75) is 38.4 Å². The maximum atomic E-state index is 11.9. The summed E-state index contributed by atoms with van der Waals surface area (Å²) < 4.78 is 36.6. The predicted molar refractivity (Wildman–Crippen MR) is 65.6 cm³/mol. The number of furan rings is 1. The molecule has 0 amide bonds. The summed E-state index contributed by atoms with van der Waals surface area (Å²) in [7, 11) is -3.61. The van der Waals surface area contributed by atoms with E-state index in [1.54, 1.807) is 6.92 Å². The molecule has 0 fully saturated rings. The van der Waals surface area contributed by atoms with Gasteiger partial charge in [-0.1, -0.05) is 0 Å². The molecule has 1 aromatic rings. The molecule has 0 aromatic carbocycles. The predicted octanol–water partition coefficient (Wildman–Crippen LogP) is 0.784. The second-order valence-electron chi connectivity index (χ2n) is 4.11. The minimum Gasteiger partial charge on any atom is -0.462 e. The molecule has 0 radical (unpaired) electrons. The number of ether oxygens (including phenoxy) is 1. The third-order valence-corrected chi connectivity index (χ3v) is 3.78. The molecule has 0 unspecified atom stereocenters. The van der Waals surface area contributed by atoms with Gasteiger partial charge >= 0.3 is 0 Å². The molecule has 18 heavy (non-hydrogen) atoms. The summed E-state index contributed by atoms with van der Waals surface area (Å²) >= 11 is 0. The van der Waals surface area contributed by atoms with Crippen LogP contribution in [0.2, 0.25) is 0 Å². The fourth-order valence-corrected chi connectivity index (χ4v) is 2.63. The summed E-state index contributed by atoms with van der Waals surface area (Å²) in [5.41, 5.74) is 0. The van der Waals surface area contributed by atoms with E-state index in [1.807, 2.05) is 13.8 Å². The van der Waals surface area contributed by atoms with E-state index in [-0.39, 0.29) is 35.7 Å². The summed E-state index contributed by atoms with van der Waals surface area (Å²) in [6, 6.07) is 1.32. The van der Waals surface area contributed by atoms with Crippen molar-refractivity contribution in [3.05, 3.63) is 17.6 Å². The van der Waals surface area contributed by atoms with Gasteiger partial charge in [0.05, 0.1) is 12.7 Å². The van der Waals surface area contributed by atoms with Crippen LogP contribution >= 0.6 is 0 Å². The molecule has 0 aliphatic heterocycles. The van der Waals surface area contributed by atoms with Crippen LogP contribution in [0.25, 0.3) is 0 Å². The Morgan fingerprint density at radius 1 is 1.50 bits per heavy atom. The minimum absolute atomic E-state index is 0.0519. The van der Waals surface area contributed by atoms with Crippen molar-refractivity contribution in [2.75, 3.05) is 13.2 Å². The highest BCUT2D eigenvalue weighted by Crippen LogP contribution is 2.19. The maximum Gasteiger partial charge on any atom is 0.244 e. The van der Waals surface area contributed by atoms with Crippen LogP contribution in [0.4, 0.5) is 0 Å². The van der Waals surface area contributed by atoms with Gasteiger partial charge in [-0.25, -0.2) is 13.1 Å². The molecule has 1 aromatic heterocycles. The van der Waals surface area contributed by atoms with Gasteiger partial charge in [0.15, 0.2) is 0 Å². The third kappa shape index (κ3) is 4.09. The molecule has 1 rings (SSSR count). The number of rotatable bonds is 7. The van der Waals surface area contributed by atoms with Gasteiger partial charge in [0.25, 0.3) is 0 Å². The van der Waals surface area contributed by atoms with Gasteiger partial charge in [0.2, 0.25) is 10.0 Å². The summed E-state index contributed by atoms with van der Waals surface area (Å²) in [6.45, 7) is 5.47. The summed E-state index contributed by atoms with van der Waals surface area (Å²) in [4.78, 5) is 0.0519. The quantitative estimate of drug-likeness (QED) is 0.719. The van der Waals surface area contributed by atoms with Gasteiger partial charge in [-0.15, -0.1) is 0 Å². The molecule has 0 aliphatic carbocycles. The van der Waals surface area contributed by atoms with Crippen molar-refractivity contribution in [2.24, 2.45) is 0 Å². The lowest BCUT2D eigenvalue weighted by Crippen LogP contribution is -2.28. The number of hydrogen-bond donors (Lipinski definition) is 2. The van der Waals surface area contributed by atoms with Crippen molar-refractivity contribution >= 4 is 10.0 Å². The van der Waals surface area contributed by atoms with Gasteiger partial charge in [-0.05, 0) is 20.8 Å². The Bertz CT molecular complexity index is 478. The molecule has 0 saturated carbocycles. The normalized spacial score (nSPS) is 12.3. The highest BCUT2D eigenvalue weighted by atomic mass is 32.2. The first-order valence-electron chi connectivity index (χ1n) is 5.68. The minimum atomic E-state index is -3.61. The number of aliphatic hydroxyl groups is 1. The molecule has 2 N–H and O–H groups in total. The molecule has 0 bridgehead atoms. The molecule has 6 nitrogen and oxygen atoms in total. The van der Waals surface area contributed by atoms with E-state index < -0.39 is 10.0 Å². The second-order valence-corrected chi connectivity index (χ2v) is 5.84. The summed E-state index contributed by atoms with van der Waals surface area (Å²) in [6.07, 6.45) is 0.0613. The lowest BCUT2D eigenvalue weighted by atomic mass is 10.4. The highest BCUT2D eigenvalue weighted by molar-refractivity contribution is 7.89. The van der Waals surface area contributed by atoms with Gasteiger partial charge in [-0.3, -0.25) is 0 Å². The van der Waals surface area contributed by atoms with E-state index in [0.29, 0.717) is 6.61 Å². The standard InChI is InChI=1S/C11H19NO5S/c1-8(2)16-5-4-12-18(14,15)11-6-10(7-13)17-9(11)3/h6,8,12-13H,4-5,7H2,1-3H3. The number of aliphatic hydroxyl groups excluding tert-OH is 1. The Labute approximate surface area is 107 Å². The van der Waals surface area contributed by atoms with E-state index in [2.05, 4.69) is 4.72 Å². The van der Waals surface area contributed by atoms with Crippen LogP contribution in [0, 0.1) is 6.92 Å². The molecule has 1 heterocycles. The highest BCUT2D eigenvalue weighted by Gasteiger charge is 2.20. The molecule has 0 atom stereocenters. The van der Waals surface area contributed by atoms with Gasteiger partial charge in [-0.2, -0.15) is 0 Å². The van der Waals surface area contributed by atoms with E-state index in [9.17, 15) is 8.42 Å². The van der Waals surface area contributed by atoms with Crippen LogP contribution in [0.15, 0.2) is 15.4 Å². The van der Waals surface area contributed by atoms with Crippen LogP contribution < -0.4 is 4.72 Å². The number of aryl methyl sites for hydroxylation is 1. The zero-order valence-corrected chi connectivity index (χ0v) is 11.6. The number of sulfonamides is 1. The number of nitrogens with one attached hydrogen (secondary N) is 1. The molecule has 104 valence electrons. The molecule has 0 saturated heterocycles. The van der Waals surface area contributed by atoms with Crippen LogP contribution in [-0.4, -0.2) is 32.8 Å². The first-order chi connectivity index (χ1) is 8.36. The lowest BCUT2D eigenvalue weighted by molar-refractivity contribution is 0.0834. The zero-order valence-electron chi connectivity index (χ0n) is 10.8. The van der Waals surface area contributed by atoms with E-state index in [1.165, 1.54) is 6.07 Å². The molecule has 0 spiro atoms. The van der Waals surface area contributed by atoms with E-state index >= 15 is 0 Å². The fourth-order valence-electron chi connectivity index (χ4n) is 1.42. The number of hydrogen-bond acceptors (Lipinski definition) is 5. The smallest absolute Gasteiger partial charge is 0.244 e. The largest absolute Gasteiger partial charge is 0.462 e. The Morgan fingerprint density at radius 3 is 2.67 bits per heavy atom. The monoisotopic (exact) mass is 277 g/mol. The Kier molecular flexibility index (Phi) is 5.33. The summed E-state index contributed by atoms with van der Waals surface area (Å²) in [5.74, 6) is 0.489. The van der Waals surface area contributed by atoms with Crippen molar-refractivity contribution in [3.63, 3.8) is 0 Å². The van der Waals surface area contributed by atoms with Crippen molar-refractivity contribution in [3.8, 4) is 0 Å². The third-order valence-electron chi connectivity index (χ3n) is 2.21. The van der Waals surface area contributed by atoms with Gasteiger partial charge in [0, 0.05) is 12.6 Å². The van der Waals surface area contributed by atoms with Crippen molar-refractivity contribution in [1.82, 2.24) is 4.72 Å². The van der Waals surface area contributed by atoms with E-state index in [0.717, 1.165) is 0 Å². The van der Waals surface area contributed by atoms with Crippen molar-refractivity contribution < 1.29 is 22.7 Å². The van der Waals surface area contributed by atoms with Crippen LogP contribution in [-0.2, 0) is 21.4 Å². The average molecular weight is 277 g/mol. The average Bonchev–Trinajstić information content (AvgIpc) is 2.66. The molecule has 0 aliphatic rings. The van der Waals surface area contributed by atoms with Crippen LogP contribution in [0.1, 0.15) is 25.4 Å². The molecule has 7 heteroatoms. The Balaban J connectivity index is 2.65. The zero-order chi connectivity index (χ0) is 13.8. The first kappa shape index (κ1) is 15.2. The second kappa shape index (κ2) is 6.33. The van der Waals surface area contributed by atoms with Crippen molar-refractivity contribution in [1.29, 1.82) is 0 Å². The topological polar surface area (TPSA) is 88.8 Å². The Morgan fingerprint density at radius 2 is 2.17 bits per heavy atom. The van der Waals surface area contributed by atoms with Crippen LogP contribution in [0.3, 0.4) is 0 Å². The van der Waals surface area contributed by atoms with Gasteiger partial charge in [0.1, 0.15) is 23.0 Å². The Hall–Kier alpha value is -0.890. The molecular formula is C11H19NO5S. The lowest BCUT2D eigenvalue weighted by Gasteiger charge is -2.08.